The van der Waals surface area contributed by atoms with Crippen LogP contribution in [-0.4, -0.2) is 16.4 Å². The molecule has 1 atom stereocenters. The summed E-state index contributed by atoms with van der Waals surface area (Å²) in [5, 5.41) is 4.96. The Balaban J connectivity index is 1.96. The number of hydrogen-bond donors (Lipinski definition) is 1. The van der Waals surface area contributed by atoms with Gasteiger partial charge in [-0.3, -0.25) is 0 Å². The Morgan fingerprint density at radius 3 is 2.95 bits per heavy atom. The molecular formula is C14H16ClN3O. The van der Waals surface area contributed by atoms with Crippen molar-refractivity contribution in [3.8, 4) is 11.3 Å². The lowest BCUT2D eigenvalue weighted by Gasteiger charge is -2.24. The molecule has 0 amide bonds. The molecule has 19 heavy (non-hydrogen) atoms. The van der Waals surface area contributed by atoms with E-state index in [9.17, 15) is 0 Å². The SMILES string of the molecule is Nc1cc(-c2ccnn2C2CCCCO2)ccc1Cl. The molecule has 1 aromatic heterocycles. The molecule has 5 heteroatoms. The summed E-state index contributed by atoms with van der Waals surface area (Å²) in [6.45, 7) is 0.798. The van der Waals surface area contributed by atoms with Crippen LogP contribution in [-0.2, 0) is 4.74 Å². The first-order valence-electron chi connectivity index (χ1n) is 6.46. The zero-order valence-electron chi connectivity index (χ0n) is 10.6. The van der Waals surface area contributed by atoms with Crippen molar-refractivity contribution in [1.29, 1.82) is 0 Å². The van der Waals surface area contributed by atoms with Gasteiger partial charge in [0, 0.05) is 18.4 Å². The maximum Gasteiger partial charge on any atom is 0.150 e. The van der Waals surface area contributed by atoms with Crippen LogP contribution in [0.5, 0.6) is 0 Å². The monoisotopic (exact) mass is 277 g/mol. The second-order valence-corrected chi connectivity index (χ2v) is 5.13. The molecule has 3 rings (SSSR count). The van der Waals surface area contributed by atoms with Gasteiger partial charge in [0.25, 0.3) is 0 Å². The molecule has 2 aromatic rings. The summed E-state index contributed by atoms with van der Waals surface area (Å²) in [5.41, 5.74) is 8.46. The first-order chi connectivity index (χ1) is 9.25. The highest BCUT2D eigenvalue weighted by Crippen LogP contribution is 2.30. The molecule has 0 radical (unpaired) electrons. The lowest BCUT2D eigenvalue weighted by atomic mass is 10.1. The molecule has 1 aliphatic rings. The standard InChI is InChI=1S/C14H16ClN3O/c15-11-5-4-10(9-12(11)16)13-6-7-17-18(13)14-3-1-2-8-19-14/h4-7,9,14H,1-3,8,16H2. The molecule has 1 unspecified atom stereocenters. The second-order valence-electron chi connectivity index (χ2n) is 4.72. The van der Waals surface area contributed by atoms with Gasteiger partial charge in [-0.1, -0.05) is 17.7 Å². The van der Waals surface area contributed by atoms with E-state index in [0.29, 0.717) is 10.7 Å². The molecule has 2 N–H and O–H groups in total. The smallest absolute Gasteiger partial charge is 0.150 e. The van der Waals surface area contributed by atoms with Gasteiger partial charge in [-0.05, 0) is 37.5 Å². The quantitative estimate of drug-likeness (QED) is 0.855. The Hall–Kier alpha value is -1.52. The fourth-order valence-electron chi connectivity index (χ4n) is 2.39. The Morgan fingerprint density at radius 1 is 1.32 bits per heavy atom. The average Bonchev–Trinajstić information content (AvgIpc) is 2.92. The fraction of sp³-hybridized carbons (Fsp3) is 0.357. The summed E-state index contributed by atoms with van der Waals surface area (Å²) in [7, 11) is 0. The third kappa shape index (κ3) is 2.46. The number of ether oxygens (including phenoxy) is 1. The largest absolute Gasteiger partial charge is 0.398 e. The van der Waals surface area contributed by atoms with Crippen LogP contribution in [0.4, 0.5) is 5.69 Å². The highest BCUT2D eigenvalue weighted by molar-refractivity contribution is 6.33. The normalized spacial score (nSPS) is 19.5. The van der Waals surface area contributed by atoms with Gasteiger partial charge >= 0.3 is 0 Å². The highest BCUT2D eigenvalue weighted by atomic mass is 35.5. The Kier molecular flexibility index (Phi) is 3.44. The van der Waals surface area contributed by atoms with Gasteiger partial charge < -0.3 is 10.5 Å². The van der Waals surface area contributed by atoms with Crippen molar-refractivity contribution in [3.05, 3.63) is 35.5 Å². The minimum atomic E-state index is 0.0238. The maximum atomic E-state index is 5.96. The topological polar surface area (TPSA) is 53.1 Å². The van der Waals surface area contributed by atoms with Crippen molar-refractivity contribution in [1.82, 2.24) is 9.78 Å². The third-order valence-electron chi connectivity index (χ3n) is 3.39. The van der Waals surface area contributed by atoms with Gasteiger partial charge in [0.2, 0.25) is 0 Å². The summed E-state index contributed by atoms with van der Waals surface area (Å²) >= 11 is 5.96. The summed E-state index contributed by atoms with van der Waals surface area (Å²) < 4.78 is 7.71. The molecule has 0 saturated carbocycles. The third-order valence-corrected chi connectivity index (χ3v) is 3.73. The van der Waals surface area contributed by atoms with Crippen LogP contribution in [0.2, 0.25) is 5.02 Å². The minimum absolute atomic E-state index is 0.0238. The summed E-state index contributed by atoms with van der Waals surface area (Å²) in [6.07, 6.45) is 5.11. The fourth-order valence-corrected chi connectivity index (χ4v) is 2.51. The number of nitrogens with zero attached hydrogens (tertiary/aromatic N) is 2. The van der Waals surface area contributed by atoms with E-state index in [2.05, 4.69) is 5.10 Å². The number of nitrogen functional groups attached to an aromatic ring is 1. The Morgan fingerprint density at radius 2 is 2.21 bits per heavy atom. The number of hydrogen-bond acceptors (Lipinski definition) is 3. The molecule has 0 bridgehead atoms. The maximum absolute atomic E-state index is 5.96. The van der Waals surface area contributed by atoms with Crippen molar-refractivity contribution in [2.75, 3.05) is 12.3 Å². The minimum Gasteiger partial charge on any atom is -0.398 e. The van der Waals surface area contributed by atoms with Crippen molar-refractivity contribution in [3.63, 3.8) is 0 Å². The van der Waals surface area contributed by atoms with Crippen LogP contribution < -0.4 is 5.73 Å². The van der Waals surface area contributed by atoms with E-state index in [0.717, 1.165) is 30.7 Å². The number of aromatic nitrogens is 2. The zero-order chi connectivity index (χ0) is 13.2. The van der Waals surface area contributed by atoms with Gasteiger partial charge in [-0.25, -0.2) is 4.68 Å². The first kappa shape index (κ1) is 12.5. The predicted octanol–water partition coefficient (Wildman–Crippen LogP) is 3.48. The van der Waals surface area contributed by atoms with Crippen LogP contribution in [0.25, 0.3) is 11.3 Å². The Labute approximate surface area is 117 Å². The summed E-state index contributed by atoms with van der Waals surface area (Å²) in [6, 6.07) is 7.61. The number of nitrogens with two attached hydrogens (primary N) is 1. The van der Waals surface area contributed by atoms with Gasteiger partial charge in [0.1, 0.15) is 0 Å². The molecule has 1 fully saturated rings. The summed E-state index contributed by atoms with van der Waals surface area (Å²) in [4.78, 5) is 0. The Bertz CT molecular complexity index is 576. The lowest BCUT2D eigenvalue weighted by Crippen LogP contribution is -2.19. The van der Waals surface area contributed by atoms with E-state index in [1.54, 1.807) is 6.20 Å². The zero-order valence-corrected chi connectivity index (χ0v) is 11.3. The summed E-state index contributed by atoms with van der Waals surface area (Å²) in [5.74, 6) is 0. The molecule has 2 heterocycles. The van der Waals surface area contributed by atoms with Gasteiger partial charge in [-0.2, -0.15) is 5.10 Å². The van der Waals surface area contributed by atoms with E-state index in [4.69, 9.17) is 22.1 Å². The van der Waals surface area contributed by atoms with Crippen LogP contribution in [0, 0.1) is 0 Å². The van der Waals surface area contributed by atoms with E-state index >= 15 is 0 Å². The molecule has 100 valence electrons. The molecule has 1 aromatic carbocycles. The second kappa shape index (κ2) is 5.23. The van der Waals surface area contributed by atoms with E-state index in [1.165, 1.54) is 6.42 Å². The van der Waals surface area contributed by atoms with Crippen molar-refractivity contribution < 1.29 is 4.74 Å². The first-order valence-corrected chi connectivity index (χ1v) is 6.84. The molecule has 0 aliphatic carbocycles. The number of halogens is 1. The molecule has 1 saturated heterocycles. The van der Waals surface area contributed by atoms with Gasteiger partial charge in [-0.15, -0.1) is 0 Å². The number of benzene rings is 1. The van der Waals surface area contributed by atoms with Gasteiger partial charge in [0.15, 0.2) is 6.23 Å². The number of anilines is 1. The lowest BCUT2D eigenvalue weighted by molar-refractivity contribution is -0.0383. The number of rotatable bonds is 2. The molecule has 4 nitrogen and oxygen atoms in total. The van der Waals surface area contributed by atoms with Crippen LogP contribution in [0.15, 0.2) is 30.5 Å². The predicted molar refractivity (Wildman–Crippen MR) is 75.9 cm³/mol. The molecule has 0 spiro atoms. The van der Waals surface area contributed by atoms with Crippen molar-refractivity contribution >= 4 is 17.3 Å². The van der Waals surface area contributed by atoms with Gasteiger partial charge in [0.05, 0.1) is 16.4 Å². The molecular weight excluding hydrogens is 262 g/mol. The van der Waals surface area contributed by atoms with Crippen LogP contribution in [0.3, 0.4) is 0 Å². The highest BCUT2D eigenvalue weighted by Gasteiger charge is 2.19. The van der Waals surface area contributed by atoms with Crippen molar-refractivity contribution in [2.45, 2.75) is 25.5 Å². The van der Waals surface area contributed by atoms with E-state index in [1.807, 2.05) is 28.9 Å². The van der Waals surface area contributed by atoms with E-state index in [-0.39, 0.29) is 6.23 Å². The van der Waals surface area contributed by atoms with E-state index < -0.39 is 0 Å². The molecule has 1 aliphatic heterocycles. The average molecular weight is 278 g/mol. The van der Waals surface area contributed by atoms with Crippen LogP contribution in [0.1, 0.15) is 25.5 Å². The van der Waals surface area contributed by atoms with Crippen molar-refractivity contribution in [2.24, 2.45) is 0 Å². The van der Waals surface area contributed by atoms with Crippen LogP contribution >= 0.6 is 11.6 Å².